The van der Waals surface area contributed by atoms with Gasteiger partial charge >= 0.3 is 0 Å². The molecule has 142 valence electrons. The van der Waals surface area contributed by atoms with Crippen molar-refractivity contribution in [3.63, 3.8) is 0 Å². The van der Waals surface area contributed by atoms with Gasteiger partial charge < -0.3 is 20.5 Å². The lowest BCUT2D eigenvalue weighted by Crippen LogP contribution is -2.31. The lowest BCUT2D eigenvalue weighted by molar-refractivity contribution is 0.239. The molecule has 0 saturated carbocycles. The van der Waals surface area contributed by atoms with Crippen LogP contribution in [0.4, 0.5) is 5.69 Å². The molecule has 0 spiro atoms. The Bertz CT molecular complexity index is 748. The molecule has 0 amide bonds. The summed E-state index contributed by atoms with van der Waals surface area (Å²) in [5.41, 5.74) is 5.26. The molecule has 26 heavy (non-hydrogen) atoms. The van der Waals surface area contributed by atoms with E-state index in [1.54, 1.807) is 0 Å². The average molecular weight is 373 g/mol. The molecule has 1 aliphatic rings. The second-order valence-corrected chi connectivity index (χ2v) is 7.73. The molecule has 0 radical (unpaired) electrons. The Morgan fingerprint density at radius 3 is 2.81 bits per heavy atom. The van der Waals surface area contributed by atoms with Crippen LogP contribution in [-0.4, -0.2) is 41.2 Å². The summed E-state index contributed by atoms with van der Waals surface area (Å²) in [6.45, 7) is 11.1. The third kappa shape index (κ3) is 4.38. The maximum atomic E-state index is 5.38. The van der Waals surface area contributed by atoms with E-state index in [0.29, 0.717) is 5.11 Å². The Hall–Kier alpha value is -1.59. The van der Waals surface area contributed by atoms with Crippen LogP contribution in [0.2, 0.25) is 0 Å². The van der Waals surface area contributed by atoms with Gasteiger partial charge in [-0.05, 0) is 80.7 Å². The number of anilines is 1. The van der Waals surface area contributed by atoms with Crippen molar-refractivity contribution >= 4 is 33.9 Å². The predicted molar refractivity (Wildman–Crippen MR) is 116 cm³/mol. The number of aromatic amines is 1. The first-order chi connectivity index (χ1) is 12.6. The van der Waals surface area contributed by atoms with Crippen LogP contribution in [0.3, 0.4) is 0 Å². The molecule has 3 N–H and O–H groups in total. The van der Waals surface area contributed by atoms with E-state index in [1.165, 1.54) is 41.5 Å². The van der Waals surface area contributed by atoms with Gasteiger partial charge in [0.05, 0.1) is 0 Å². The smallest absolute Gasteiger partial charge is 0.170 e. The zero-order valence-electron chi connectivity index (χ0n) is 16.3. The lowest BCUT2D eigenvalue weighted by atomic mass is 9.86. The maximum absolute atomic E-state index is 5.38. The van der Waals surface area contributed by atoms with E-state index in [4.69, 9.17) is 12.2 Å². The molecule has 2 aromatic rings. The highest BCUT2D eigenvalue weighted by atomic mass is 32.1. The van der Waals surface area contributed by atoms with Gasteiger partial charge in [0, 0.05) is 35.4 Å². The van der Waals surface area contributed by atoms with Gasteiger partial charge in [0.15, 0.2) is 5.11 Å². The van der Waals surface area contributed by atoms with E-state index in [0.717, 1.165) is 44.1 Å². The van der Waals surface area contributed by atoms with Gasteiger partial charge in [0.25, 0.3) is 0 Å². The van der Waals surface area contributed by atoms with E-state index < -0.39 is 0 Å². The summed E-state index contributed by atoms with van der Waals surface area (Å²) in [6, 6.07) is 6.54. The first-order valence-electron chi connectivity index (χ1n) is 10.0. The molecule has 3 rings (SSSR count). The van der Waals surface area contributed by atoms with Gasteiger partial charge in [-0.3, -0.25) is 0 Å². The number of fused-ring (bicyclic) bond motifs is 3. The number of hydrogen-bond donors (Lipinski definition) is 3. The minimum atomic E-state index is 0.704. The number of thiocarbonyl (C=S) groups is 1. The van der Waals surface area contributed by atoms with Crippen molar-refractivity contribution in [2.45, 2.75) is 46.5 Å². The Morgan fingerprint density at radius 1 is 1.27 bits per heavy atom. The minimum absolute atomic E-state index is 0.704. The Balaban J connectivity index is 1.77. The van der Waals surface area contributed by atoms with Gasteiger partial charge in [-0.15, -0.1) is 0 Å². The minimum Gasteiger partial charge on any atom is -0.362 e. The average Bonchev–Trinajstić information content (AvgIpc) is 3.01. The van der Waals surface area contributed by atoms with E-state index in [-0.39, 0.29) is 0 Å². The molecule has 1 heterocycles. The standard InChI is InChI=1S/C21H32N4S/c1-4-11-22-21(26)23-16-8-10-20-18(13-16)17-12-15(7-9-19(17)24-20)14-25(5-2)6-3/h8,10,13,15,24H,4-7,9,11-12,14H2,1-3H3,(H2,22,23,26). The number of rotatable bonds is 7. The van der Waals surface area contributed by atoms with Crippen LogP contribution in [-0.2, 0) is 12.8 Å². The van der Waals surface area contributed by atoms with E-state index in [9.17, 15) is 0 Å². The fourth-order valence-electron chi connectivity index (χ4n) is 3.98. The summed E-state index contributed by atoms with van der Waals surface area (Å²) in [4.78, 5) is 6.19. The van der Waals surface area contributed by atoms with Crippen molar-refractivity contribution in [1.82, 2.24) is 15.2 Å². The third-order valence-corrected chi connectivity index (χ3v) is 5.74. The fourth-order valence-corrected chi connectivity index (χ4v) is 4.20. The molecule has 0 fully saturated rings. The van der Waals surface area contributed by atoms with E-state index >= 15 is 0 Å². The number of H-pyrrole nitrogens is 1. The van der Waals surface area contributed by atoms with Crippen LogP contribution in [0.5, 0.6) is 0 Å². The molecule has 1 aromatic carbocycles. The van der Waals surface area contributed by atoms with Crippen LogP contribution >= 0.6 is 12.2 Å². The van der Waals surface area contributed by atoms with Crippen molar-refractivity contribution in [3.05, 3.63) is 29.5 Å². The summed E-state index contributed by atoms with van der Waals surface area (Å²) in [5.74, 6) is 0.755. The van der Waals surface area contributed by atoms with Crippen molar-refractivity contribution in [2.24, 2.45) is 5.92 Å². The monoisotopic (exact) mass is 372 g/mol. The van der Waals surface area contributed by atoms with Gasteiger partial charge in [-0.2, -0.15) is 0 Å². The van der Waals surface area contributed by atoms with Crippen molar-refractivity contribution in [2.75, 3.05) is 31.5 Å². The lowest BCUT2D eigenvalue weighted by Gasteiger charge is -2.28. The zero-order valence-corrected chi connectivity index (χ0v) is 17.1. The van der Waals surface area contributed by atoms with Crippen molar-refractivity contribution in [3.8, 4) is 0 Å². The quantitative estimate of drug-likeness (QED) is 0.634. The summed E-state index contributed by atoms with van der Waals surface area (Å²) in [6.07, 6.45) is 4.69. The predicted octanol–water partition coefficient (Wildman–Crippen LogP) is 4.31. The third-order valence-electron chi connectivity index (χ3n) is 5.49. The number of nitrogens with zero attached hydrogens (tertiary/aromatic N) is 1. The molecular weight excluding hydrogens is 340 g/mol. The molecule has 1 unspecified atom stereocenters. The number of aryl methyl sites for hydroxylation is 1. The Morgan fingerprint density at radius 2 is 2.08 bits per heavy atom. The van der Waals surface area contributed by atoms with Gasteiger partial charge in [-0.1, -0.05) is 20.8 Å². The van der Waals surface area contributed by atoms with E-state index in [1.807, 2.05) is 0 Å². The first-order valence-corrected chi connectivity index (χ1v) is 10.5. The van der Waals surface area contributed by atoms with Crippen LogP contribution < -0.4 is 10.6 Å². The topological polar surface area (TPSA) is 43.1 Å². The van der Waals surface area contributed by atoms with E-state index in [2.05, 4.69) is 59.5 Å². The first kappa shape index (κ1) is 19.2. The van der Waals surface area contributed by atoms with Crippen LogP contribution in [0.15, 0.2) is 18.2 Å². The summed E-state index contributed by atoms with van der Waals surface area (Å²) in [5, 5.41) is 8.62. The molecule has 1 atom stereocenters. The maximum Gasteiger partial charge on any atom is 0.170 e. The SMILES string of the molecule is CCCNC(=S)Nc1ccc2[nH]c3c(c2c1)CC(CN(CC)CC)CC3. The number of aromatic nitrogens is 1. The molecule has 1 aliphatic carbocycles. The van der Waals surface area contributed by atoms with Gasteiger partial charge in [-0.25, -0.2) is 0 Å². The molecular formula is C21H32N4S. The van der Waals surface area contributed by atoms with Gasteiger partial charge in [0.1, 0.15) is 0 Å². The van der Waals surface area contributed by atoms with Crippen molar-refractivity contribution in [1.29, 1.82) is 0 Å². The number of benzene rings is 1. The largest absolute Gasteiger partial charge is 0.362 e. The van der Waals surface area contributed by atoms with Crippen molar-refractivity contribution < 1.29 is 0 Å². The number of hydrogen-bond acceptors (Lipinski definition) is 2. The normalized spacial score (nSPS) is 16.7. The van der Waals surface area contributed by atoms with Crippen LogP contribution in [0, 0.1) is 5.92 Å². The van der Waals surface area contributed by atoms with Crippen LogP contribution in [0.25, 0.3) is 10.9 Å². The Labute approximate surface area is 162 Å². The highest BCUT2D eigenvalue weighted by molar-refractivity contribution is 7.80. The summed E-state index contributed by atoms with van der Waals surface area (Å²) < 4.78 is 0. The number of nitrogens with one attached hydrogen (secondary N) is 3. The second kappa shape index (κ2) is 8.87. The summed E-state index contributed by atoms with van der Waals surface area (Å²) >= 11 is 5.38. The fraction of sp³-hybridized carbons (Fsp3) is 0.571. The second-order valence-electron chi connectivity index (χ2n) is 7.32. The molecule has 0 bridgehead atoms. The molecule has 0 saturated heterocycles. The Kier molecular flexibility index (Phi) is 6.54. The highest BCUT2D eigenvalue weighted by Crippen LogP contribution is 2.33. The zero-order chi connectivity index (χ0) is 18.5. The highest BCUT2D eigenvalue weighted by Gasteiger charge is 2.23. The molecule has 4 nitrogen and oxygen atoms in total. The van der Waals surface area contributed by atoms with Crippen LogP contribution in [0.1, 0.15) is 44.9 Å². The van der Waals surface area contributed by atoms with Gasteiger partial charge in [0.2, 0.25) is 0 Å². The molecule has 5 heteroatoms. The molecule has 1 aromatic heterocycles. The summed E-state index contributed by atoms with van der Waals surface area (Å²) in [7, 11) is 0. The molecule has 0 aliphatic heterocycles.